The monoisotopic (exact) mass is 417 g/mol. The standard InChI is InChI=1S/C18H37N.CHF3O3S/c1-3-5-6-7-8-9-10-11-12-15-19-16-13-18(4-2)14-17-19;2-1(3,4)8(5,6)7/h18H,3-17H2,1-2H3;(H,5,6,7). The van der Waals surface area contributed by atoms with Crippen molar-refractivity contribution < 1.29 is 31.0 Å². The molecule has 0 unspecified atom stereocenters. The molecule has 0 atom stereocenters. The lowest BCUT2D eigenvalue weighted by molar-refractivity contribution is -0.906. The number of rotatable bonds is 11. The van der Waals surface area contributed by atoms with E-state index in [-0.39, 0.29) is 0 Å². The van der Waals surface area contributed by atoms with Gasteiger partial charge >= 0.3 is 5.51 Å². The van der Waals surface area contributed by atoms with E-state index in [0.717, 1.165) is 5.92 Å². The number of hydrogen-bond donors (Lipinski definition) is 1. The lowest BCUT2D eigenvalue weighted by Gasteiger charge is -2.28. The fourth-order valence-corrected chi connectivity index (χ4v) is 3.43. The molecule has 0 aromatic heterocycles. The Bertz CT molecular complexity index is 448. The third-order valence-corrected chi connectivity index (χ3v) is 5.87. The number of hydrogen-bond acceptors (Lipinski definition) is 3. The van der Waals surface area contributed by atoms with Crippen LogP contribution in [0.25, 0.3) is 0 Å². The SMILES string of the molecule is CCCCCCCCCCC[NH+]1CCC(CC)CC1.O=S(=O)([O-])C(F)(F)F. The molecule has 1 rings (SSSR count). The van der Waals surface area contributed by atoms with Crippen molar-refractivity contribution in [2.45, 2.75) is 96.4 Å². The maximum absolute atomic E-state index is 10.7. The van der Waals surface area contributed by atoms with Gasteiger partial charge in [-0.25, -0.2) is 8.42 Å². The molecule has 0 aromatic rings. The third kappa shape index (κ3) is 14.3. The number of unbranched alkanes of at least 4 members (excludes halogenated alkanes) is 8. The van der Waals surface area contributed by atoms with Crippen molar-refractivity contribution in [2.24, 2.45) is 5.92 Å². The Morgan fingerprint density at radius 3 is 1.67 bits per heavy atom. The molecule has 0 aromatic carbocycles. The third-order valence-electron chi connectivity index (χ3n) is 5.31. The summed E-state index contributed by atoms with van der Waals surface area (Å²) in [6.45, 7) is 9.01. The van der Waals surface area contributed by atoms with Gasteiger partial charge in [-0.15, -0.1) is 0 Å². The van der Waals surface area contributed by atoms with E-state index in [2.05, 4.69) is 13.8 Å². The van der Waals surface area contributed by atoms with E-state index >= 15 is 0 Å². The zero-order chi connectivity index (χ0) is 20.8. The largest absolute Gasteiger partial charge is 0.741 e. The highest BCUT2D eigenvalue weighted by Crippen LogP contribution is 2.20. The summed E-state index contributed by atoms with van der Waals surface area (Å²) in [4.78, 5) is 1.90. The number of quaternary nitrogens is 1. The first kappa shape index (κ1) is 26.7. The Labute approximate surface area is 163 Å². The molecule has 0 aliphatic carbocycles. The molecule has 0 amide bonds. The van der Waals surface area contributed by atoms with Gasteiger partial charge in [0.1, 0.15) is 0 Å². The first-order valence-corrected chi connectivity index (χ1v) is 11.9. The van der Waals surface area contributed by atoms with Gasteiger partial charge in [-0.2, -0.15) is 13.2 Å². The van der Waals surface area contributed by atoms with Gasteiger partial charge in [-0.05, 0) is 31.6 Å². The summed E-state index contributed by atoms with van der Waals surface area (Å²) in [7, 11) is -6.09. The van der Waals surface area contributed by atoms with Crippen LogP contribution in [0.5, 0.6) is 0 Å². The minimum Gasteiger partial charge on any atom is -0.741 e. The lowest BCUT2D eigenvalue weighted by atomic mass is 9.94. The molecule has 4 nitrogen and oxygen atoms in total. The predicted molar refractivity (Wildman–Crippen MR) is 102 cm³/mol. The number of nitrogens with one attached hydrogen (secondary N) is 1. The molecule has 0 radical (unpaired) electrons. The Morgan fingerprint density at radius 2 is 1.30 bits per heavy atom. The Kier molecular flexibility index (Phi) is 14.4. The molecule has 1 saturated heterocycles. The van der Waals surface area contributed by atoms with Crippen molar-refractivity contribution in [3.63, 3.8) is 0 Å². The molecule has 0 spiro atoms. The second-order valence-corrected chi connectivity index (χ2v) is 8.95. The summed E-state index contributed by atoms with van der Waals surface area (Å²) < 4.78 is 58.9. The first-order valence-electron chi connectivity index (χ1n) is 10.5. The predicted octanol–water partition coefficient (Wildman–Crippen LogP) is 4.27. The Morgan fingerprint density at radius 1 is 0.889 bits per heavy atom. The Balaban J connectivity index is 0.000000713. The number of alkyl halides is 3. The van der Waals surface area contributed by atoms with E-state index in [1.165, 1.54) is 96.7 Å². The number of likely N-dealkylation sites (tertiary alicyclic amines) is 1. The smallest absolute Gasteiger partial charge is 0.485 e. The highest BCUT2D eigenvalue weighted by atomic mass is 32.2. The van der Waals surface area contributed by atoms with Crippen LogP contribution in [0.3, 0.4) is 0 Å². The van der Waals surface area contributed by atoms with Crippen LogP contribution >= 0.6 is 0 Å². The molecule has 0 saturated carbocycles. The topological polar surface area (TPSA) is 61.6 Å². The molecular weight excluding hydrogens is 379 g/mol. The molecule has 1 N–H and O–H groups in total. The van der Waals surface area contributed by atoms with Crippen molar-refractivity contribution in [3.05, 3.63) is 0 Å². The van der Waals surface area contributed by atoms with E-state index in [1.807, 2.05) is 4.90 Å². The minimum absolute atomic E-state index is 1.05. The van der Waals surface area contributed by atoms with E-state index in [9.17, 15) is 13.2 Å². The van der Waals surface area contributed by atoms with Gasteiger partial charge in [0, 0.05) is 0 Å². The summed E-state index contributed by atoms with van der Waals surface area (Å²) in [5, 5.41) is 0. The average molecular weight is 418 g/mol. The normalized spacial score (nSPS) is 20.8. The van der Waals surface area contributed by atoms with Crippen LogP contribution in [0.15, 0.2) is 0 Å². The van der Waals surface area contributed by atoms with Crippen LogP contribution < -0.4 is 4.90 Å². The molecule has 1 fully saturated rings. The lowest BCUT2D eigenvalue weighted by Crippen LogP contribution is -3.13. The first-order chi connectivity index (χ1) is 12.6. The number of halogens is 3. The minimum atomic E-state index is -6.09. The van der Waals surface area contributed by atoms with Crippen molar-refractivity contribution in [3.8, 4) is 0 Å². The van der Waals surface area contributed by atoms with Crippen LogP contribution in [-0.4, -0.2) is 38.1 Å². The molecule has 0 bridgehead atoms. The zero-order valence-electron chi connectivity index (χ0n) is 17.0. The van der Waals surface area contributed by atoms with Crippen LogP contribution in [0.4, 0.5) is 13.2 Å². The molecule has 164 valence electrons. The Hall–Kier alpha value is -0.340. The van der Waals surface area contributed by atoms with Crippen LogP contribution in [0.1, 0.15) is 90.9 Å². The molecular formula is C19H38F3NO3S. The van der Waals surface area contributed by atoms with E-state index in [4.69, 9.17) is 13.0 Å². The van der Waals surface area contributed by atoms with E-state index < -0.39 is 15.6 Å². The quantitative estimate of drug-likeness (QED) is 0.310. The molecule has 1 aliphatic rings. The van der Waals surface area contributed by atoms with Gasteiger partial charge in [0.05, 0.1) is 19.6 Å². The maximum atomic E-state index is 10.7. The molecule has 8 heteroatoms. The van der Waals surface area contributed by atoms with Crippen molar-refractivity contribution in [1.82, 2.24) is 0 Å². The van der Waals surface area contributed by atoms with E-state index in [1.54, 1.807) is 0 Å². The molecule has 1 heterocycles. The van der Waals surface area contributed by atoms with Gasteiger partial charge < -0.3 is 9.45 Å². The van der Waals surface area contributed by atoms with E-state index in [0.29, 0.717) is 0 Å². The van der Waals surface area contributed by atoms with Crippen LogP contribution in [-0.2, 0) is 10.1 Å². The zero-order valence-corrected chi connectivity index (χ0v) is 17.8. The van der Waals surface area contributed by atoms with Gasteiger partial charge in [-0.3, -0.25) is 0 Å². The summed E-state index contributed by atoms with van der Waals surface area (Å²) in [5.74, 6) is 1.05. The maximum Gasteiger partial charge on any atom is 0.485 e. The fourth-order valence-electron chi connectivity index (χ4n) is 3.43. The average Bonchev–Trinajstić information content (AvgIpc) is 2.59. The van der Waals surface area contributed by atoms with Crippen molar-refractivity contribution in [1.29, 1.82) is 0 Å². The van der Waals surface area contributed by atoms with Gasteiger partial charge in [-0.1, -0.05) is 65.2 Å². The highest BCUT2D eigenvalue weighted by molar-refractivity contribution is 7.86. The van der Waals surface area contributed by atoms with Crippen molar-refractivity contribution >= 4 is 10.1 Å². The van der Waals surface area contributed by atoms with Gasteiger partial charge in [0.25, 0.3) is 0 Å². The molecule has 27 heavy (non-hydrogen) atoms. The summed E-state index contributed by atoms with van der Waals surface area (Å²) in [6.07, 6.45) is 17.5. The van der Waals surface area contributed by atoms with Gasteiger partial charge in [0.15, 0.2) is 10.1 Å². The summed E-state index contributed by atoms with van der Waals surface area (Å²) in [5.41, 5.74) is -5.65. The second-order valence-electron chi connectivity index (χ2n) is 7.58. The van der Waals surface area contributed by atoms with Gasteiger partial charge in [0.2, 0.25) is 0 Å². The number of piperidine rings is 1. The van der Waals surface area contributed by atoms with Crippen LogP contribution in [0, 0.1) is 5.92 Å². The molecule has 1 aliphatic heterocycles. The summed E-state index contributed by atoms with van der Waals surface area (Å²) in [6, 6.07) is 0. The van der Waals surface area contributed by atoms with Crippen LogP contribution in [0.2, 0.25) is 0 Å². The highest BCUT2D eigenvalue weighted by Gasteiger charge is 2.36. The summed E-state index contributed by atoms with van der Waals surface area (Å²) >= 11 is 0. The second kappa shape index (κ2) is 14.6. The van der Waals surface area contributed by atoms with Crippen molar-refractivity contribution in [2.75, 3.05) is 19.6 Å². The fraction of sp³-hybridized carbons (Fsp3) is 1.00.